The van der Waals surface area contributed by atoms with E-state index in [9.17, 15) is 14.7 Å². The number of carbonyl (C=O) groups excluding carboxylic acids is 2. The molecule has 5 heteroatoms. The van der Waals surface area contributed by atoms with Gasteiger partial charge in [-0.1, -0.05) is 18.9 Å². The summed E-state index contributed by atoms with van der Waals surface area (Å²) in [5.41, 5.74) is 0.761. The number of carboxylic acids is 1. The summed E-state index contributed by atoms with van der Waals surface area (Å²) < 4.78 is 0. The zero-order valence-electron chi connectivity index (χ0n) is 10.7. The van der Waals surface area contributed by atoms with Crippen LogP contribution < -0.4 is 10.4 Å². The molecule has 1 aromatic rings. The number of nitrogens with zero attached hydrogens (tertiary/aromatic N) is 1. The summed E-state index contributed by atoms with van der Waals surface area (Å²) in [6, 6.07) is 5.47. The number of hydrogen-bond donors (Lipinski definition) is 1. The van der Waals surface area contributed by atoms with Gasteiger partial charge < -0.3 is 15.2 Å². The van der Waals surface area contributed by atoms with Crippen LogP contribution in [0.4, 0.5) is 0 Å². The van der Waals surface area contributed by atoms with Crippen molar-refractivity contribution in [3.05, 3.63) is 30.1 Å². The molecule has 1 aliphatic carbocycles. The van der Waals surface area contributed by atoms with Gasteiger partial charge in [0.2, 0.25) is 5.91 Å². The van der Waals surface area contributed by atoms with Crippen molar-refractivity contribution in [1.29, 1.82) is 0 Å². The number of amides is 1. The maximum Gasteiger partial charge on any atom is 0.224 e. The van der Waals surface area contributed by atoms with Gasteiger partial charge >= 0.3 is 0 Å². The highest BCUT2D eigenvalue weighted by Crippen LogP contribution is 2.29. The number of rotatable bonds is 4. The molecule has 0 unspecified atom stereocenters. The topological polar surface area (TPSA) is 82.1 Å². The molecule has 1 saturated carbocycles. The molecule has 1 fully saturated rings. The van der Waals surface area contributed by atoms with Crippen LogP contribution in [0.25, 0.3) is 0 Å². The molecule has 5 nitrogen and oxygen atoms in total. The number of aliphatic carboxylic acids is 1. The highest BCUT2D eigenvalue weighted by molar-refractivity contribution is 5.84. The molecule has 0 spiro atoms. The lowest BCUT2D eigenvalue weighted by Gasteiger charge is -2.31. The van der Waals surface area contributed by atoms with Crippen molar-refractivity contribution < 1.29 is 14.7 Å². The van der Waals surface area contributed by atoms with Crippen LogP contribution in [0.1, 0.15) is 31.4 Å². The monoisotopic (exact) mass is 261 g/mol. The summed E-state index contributed by atoms with van der Waals surface area (Å²) in [6.45, 7) is 0.329. The summed E-state index contributed by atoms with van der Waals surface area (Å²) in [6.07, 6.45) is 4.55. The predicted octanol–water partition coefficient (Wildman–Crippen LogP) is 0.254. The van der Waals surface area contributed by atoms with Gasteiger partial charge in [-0.25, -0.2) is 0 Å². The van der Waals surface area contributed by atoms with E-state index in [4.69, 9.17) is 0 Å². The van der Waals surface area contributed by atoms with Crippen LogP contribution in [0.2, 0.25) is 0 Å². The Hall–Kier alpha value is -1.91. The largest absolute Gasteiger partial charge is 0.550 e. The third-order valence-electron chi connectivity index (χ3n) is 3.58. The lowest BCUT2D eigenvalue weighted by atomic mass is 9.78. The predicted molar refractivity (Wildman–Crippen MR) is 66.5 cm³/mol. The summed E-state index contributed by atoms with van der Waals surface area (Å²) in [7, 11) is 0. The Balaban J connectivity index is 1.93. The first-order chi connectivity index (χ1) is 9.18. The van der Waals surface area contributed by atoms with Crippen molar-refractivity contribution in [2.75, 3.05) is 0 Å². The highest BCUT2D eigenvalue weighted by atomic mass is 16.4. The third kappa shape index (κ3) is 3.53. The van der Waals surface area contributed by atoms with Gasteiger partial charge in [0.05, 0.1) is 12.2 Å². The number of hydrogen-bond acceptors (Lipinski definition) is 4. The van der Waals surface area contributed by atoms with E-state index >= 15 is 0 Å². The Morgan fingerprint density at radius 3 is 2.63 bits per heavy atom. The first kappa shape index (κ1) is 13.5. The van der Waals surface area contributed by atoms with Gasteiger partial charge in [-0.2, -0.15) is 0 Å². The number of pyridine rings is 1. The molecular formula is C14H17N2O3-. The normalized spacial score (nSPS) is 22.7. The molecule has 0 bridgehead atoms. The van der Waals surface area contributed by atoms with E-state index in [0.29, 0.717) is 19.4 Å². The average Bonchev–Trinajstić information content (AvgIpc) is 2.46. The second-order valence-electron chi connectivity index (χ2n) is 4.86. The Morgan fingerprint density at radius 2 is 2.00 bits per heavy atom. The molecule has 1 aliphatic rings. The SMILES string of the molecule is O=C([O-])[C@@H]1CCCC[C@H]1C(=O)NCc1ccccn1. The number of carboxylic acid groups (broad SMARTS) is 1. The van der Waals surface area contributed by atoms with E-state index in [1.165, 1.54) is 0 Å². The molecule has 2 rings (SSSR count). The van der Waals surface area contributed by atoms with Gasteiger partial charge in [0, 0.05) is 24.0 Å². The fraction of sp³-hybridized carbons (Fsp3) is 0.500. The first-order valence-electron chi connectivity index (χ1n) is 6.57. The highest BCUT2D eigenvalue weighted by Gasteiger charge is 2.31. The molecule has 0 aliphatic heterocycles. The van der Waals surface area contributed by atoms with Gasteiger partial charge in [-0.15, -0.1) is 0 Å². The lowest BCUT2D eigenvalue weighted by Crippen LogP contribution is -2.44. The second kappa shape index (κ2) is 6.31. The first-order valence-corrected chi connectivity index (χ1v) is 6.57. The zero-order chi connectivity index (χ0) is 13.7. The molecule has 19 heavy (non-hydrogen) atoms. The minimum Gasteiger partial charge on any atom is -0.550 e. The molecule has 1 heterocycles. The fourth-order valence-corrected chi connectivity index (χ4v) is 2.54. The van der Waals surface area contributed by atoms with Gasteiger partial charge in [-0.3, -0.25) is 9.78 Å². The third-order valence-corrected chi connectivity index (χ3v) is 3.58. The van der Waals surface area contributed by atoms with Gasteiger partial charge in [0.1, 0.15) is 0 Å². The molecule has 0 aromatic carbocycles. The Kier molecular flexibility index (Phi) is 4.49. The Morgan fingerprint density at radius 1 is 1.26 bits per heavy atom. The number of carbonyl (C=O) groups is 2. The number of aromatic nitrogens is 1. The summed E-state index contributed by atoms with van der Waals surface area (Å²) >= 11 is 0. The smallest absolute Gasteiger partial charge is 0.224 e. The van der Waals surface area contributed by atoms with Crippen LogP contribution in [0.5, 0.6) is 0 Å². The van der Waals surface area contributed by atoms with Crippen LogP contribution in [-0.2, 0) is 16.1 Å². The van der Waals surface area contributed by atoms with Gasteiger partial charge in [-0.05, 0) is 25.0 Å². The van der Waals surface area contributed by atoms with Crippen LogP contribution in [-0.4, -0.2) is 16.9 Å². The van der Waals surface area contributed by atoms with Crippen LogP contribution in [0.15, 0.2) is 24.4 Å². The van der Waals surface area contributed by atoms with E-state index in [0.717, 1.165) is 18.5 Å². The minimum absolute atomic E-state index is 0.209. The standard InChI is InChI=1S/C14H18N2O3/c17-13(16-9-10-5-3-4-8-15-10)11-6-1-2-7-12(11)14(18)19/h3-5,8,11-12H,1-2,6-7,9H2,(H,16,17)(H,18,19)/p-1/t11-,12-/m1/s1. The lowest BCUT2D eigenvalue weighted by molar-refractivity contribution is -0.314. The second-order valence-corrected chi connectivity index (χ2v) is 4.86. The van der Waals surface area contributed by atoms with E-state index in [1.54, 1.807) is 12.3 Å². The Bertz CT molecular complexity index is 447. The average molecular weight is 261 g/mol. The van der Waals surface area contributed by atoms with E-state index in [1.807, 2.05) is 12.1 Å². The fourth-order valence-electron chi connectivity index (χ4n) is 2.54. The van der Waals surface area contributed by atoms with E-state index < -0.39 is 17.8 Å². The van der Waals surface area contributed by atoms with Crippen LogP contribution in [0.3, 0.4) is 0 Å². The summed E-state index contributed by atoms with van der Waals surface area (Å²) in [5.74, 6) is -2.45. The molecule has 1 N–H and O–H groups in total. The van der Waals surface area contributed by atoms with Crippen molar-refractivity contribution >= 4 is 11.9 Å². The maximum absolute atomic E-state index is 12.1. The number of nitrogens with one attached hydrogen (secondary N) is 1. The summed E-state index contributed by atoms with van der Waals surface area (Å²) in [5, 5.41) is 13.8. The van der Waals surface area contributed by atoms with E-state index in [-0.39, 0.29) is 5.91 Å². The summed E-state index contributed by atoms with van der Waals surface area (Å²) in [4.78, 5) is 27.2. The van der Waals surface area contributed by atoms with Crippen LogP contribution >= 0.6 is 0 Å². The zero-order valence-corrected chi connectivity index (χ0v) is 10.7. The molecule has 1 aromatic heterocycles. The molecule has 102 valence electrons. The van der Waals surface area contributed by atoms with E-state index in [2.05, 4.69) is 10.3 Å². The van der Waals surface area contributed by atoms with Gasteiger partial charge in [0.25, 0.3) is 0 Å². The van der Waals surface area contributed by atoms with Crippen molar-refractivity contribution in [3.8, 4) is 0 Å². The molecule has 0 saturated heterocycles. The molecule has 2 atom stereocenters. The van der Waals surface area contributed by atoms with Crippen molar-refractivity contribution in [2.45, 2.75) is 32.2 Å². The molecular weight excluding hydrogens is 244 g/mol. The van der Waals surface area contributed by atoms with Crippen molar-refractivity contribution in [3.63, 3.8) is 0 Å². The quantitative estimate of drug-likeness (QED) is 0.842. The van der Waals surface area contributed by atoms with Crippen LogP contribution in [0, 0.1) is 11.8 Å². The Labute approximate surface area is 112 Å². The van der Waals surface area contributed by atoms with Gasteiger partial charge in [0.15, 0.2) is 0 Å². The molecule has 1 amide bonds. The molecule has 0 radical (unpaired) electrons. The van der Waals surface area contributed by atoms with Crippen molar-refractivity contribution in [2.24, 2.45) is 11.8 Å². The van der Waals surface area contributed by atoms with Crippen molar-refractivity contribution in [1.82, 2.24) is 10.3 Å². The minimum atomic E-state index is -1.11. The maximum atomic E-state index is 12.1.